The fraction of sp³-hybridized carbons (Fsp3) is 1.00. The van der Waals surface area contributed by atoms with Gasteiger partial charge in [0, 0.05) is 12.1 Å². The van der Waals surface area contributed by atoms with Crippen molar-refractivity contribution >= 4 is 0 Å². The SMILES string of the molecule is CCCCCCCC1(CNC(C)(C)C)CC2CCC1C2. The van der Waals surface area contributed by atoms with Crippen LogP contribution in [0.1, 0.15) is 91.9 Å². The quantitative estimate of drug-likeness (QED) is 0.575. The Bertz CT molecular complexity index is 291. The Labute approximate surface area is 127 Å². The summed E-state index contributed by atoms with van der Waals surface area (Å²) in [5.41, 5.74) is 0.930. The summed E-state index contributed by atoms with van der Waals surface area (Å²) in [6.07, 6.45) is 14.8. The minimum atomic E-state index is 0.275. The predicted molar refractivity (Wildman–Crippen MR) is 89.0 cm³/mol. The number of nitrogens with one attached hydrogen (secondary N) is 1. The molecule has 2 fully saturated rings. The Morgan fingerprint density at radius 3 is 2.35 bits per heavy atom. The molecule has 2 rings (SSSR count). The third-order valence-electron chi connectivity index (χ3n) is 5.85. The lowest BCUT2D eigenvalue weighted by Crippen LogP contribution is -2.46. The number of fused-ring (bicyclic) bond motifs is 2. The zero-order valence-electron chi connectivity index (χ0n) is 14.4. The van der Waals surface area contributed by atoms with Gasteiger partial charge in [-0.05, 0) is 63.7 Å². The molecule has 0 aromatic carbocycles. The smallest absolute Gasteiger partial charge is 0.00967 e. The molecular weight excluding hydrogens is 242 g/mol. The van der Waals surface area contributed by atoms with E-state index in [1.807, 2.05) is 0 Å². The van der Waals surface area contributed by atoms with E-state index >= 15 is 0 Å². The molecule has 0 amide bonds. The minimum absolute atomic E-state index is 0.275. The molecule has 2 bridgehead atoms. The van der Waals surface area contributed by atoms with E-state index in [1.165, 1.54) is 64.3 Å². The summed E-state index contributed by atoms with van der Waals surface area (Å²) in [4.78, 5) is 0. The number of unbranched alkanes of at least 4 members (excludes halogenated alkanes) is 4. The molecule has 1 heteroatoms. The molecule has 0 saturated heterocycles. The van der Waals surface area contributed by atoms with E-state index in [-0.39, 0.29) is 5.54 Å². The molecule has 0 aliphatic heterocycles. The molecule has 3 unspecified atom stereocenters. The number of hydrogen-bond acceptors (Lipinski definition) is 1. The first-order valence-electron chi connectivity index (χ1n) is 9.20. The summed E-state index contributed by atoms with van der Waals surface area (Å²) in [5, 5.41) is 3.84. The van der Waals surface area contributed by atoms with Crippen molar-refractivity contribution in [1.29, 1.82) is 0 Å². The molecule has 0 aromatic rings. The molecule has 1 nitrogen and oxygen atoms in total. The van der Waals surface area contributed by atoms with E-state index in [2.05, 4.69) is 33.0 Å². The Balaban J connectivity index is 1.85. The molecule has 0 spiro atoms. The molecule has 2 aliphatic carbocycles. The van der Waals surface area contributed by atoms with Crippen molar-refractivity contribution in [1.82, 2.24) is 5.32 Å². The maximum absolute atomic E-state index is 3.84. The fourth-order valence-corrected chi connectivity index (χ4v) is 4.69. The lowest BCUT2D eigenvalue weighted by Gasteiger charge is -2.40. The highest BCUT2D eigenvalue weighted by Gasteiger charge is 2.50. The van der Waals surface area contributed by atoms with E-state index in [4.69, 9.17) is 0 Å². The average Bonchev–Trinajstić information content (AvgIpc) is 2.96. The second-order valence-electron chi connectivity index (χ2n) is 8.71. The van der Waals surface area contributed by atoms with Gasteiger partial charge in [-0.2, -0.15) is 0 Å². The first-order chi connectivity index (χ1) is 9.45. The lowest BCUT2D eigenvalue weighted by atomic mass is 9.69. The summed E-state index contributed by atoms with van der Waals surface area (Å²) in [5.74, 6) is 2.10. The van der Waals surface area contributed by atoms with Gasteiger partial charge in [0.05, 0.1) is 0 Å². The molecular formula is C19H37N. The molecule has 20 heavy (non-hydrogen) atoms. The van der Waals surface area contributed by atoms with Gasteiger partial charge < -0.3 is 5.32 Å². The maximum atomic E-state index is 3.84. The highest BCUT2D eigenvalue weighted by Crippen LogP contribution is 2.58. The third-order valence-corrected chi connectivity index (χ3v) is 5.85. The van der Waals surface area contributed by atoms with Crippen LogP contribution in [0.4, 0.5) is 0 Å². The first kappa shape index (κ1) is 16.3. The first-order valence-corrected chi connectivity index (χ1v) is 9.20. The van der Waals surface area contributed by atoms with Crippen LogP contribution in [0.25, 0.3) is 0 Å². The molecule has 1 N–H and O–H groups in total. The summed E-state index contributed by atoms with van der Waals surface area (Å²) in [7, 11) is 0. The summed E-state index contributed by atoms with van der Waals surface area (Å²) in [6, 6.07) is 0. The third kappa shape index (κ3) is 4.23. The van der Waals surface area contributed by atoms with Gasteiger partial charge in [-0.3, -0.25) is 0 Å². The van der Waals surface area contributed by atoms with Crippen LogP contribution < -0.4 is 5.32 Å². The van der Waals surface area contributed by atoms with Gasteiger partial charge in [-0.15, -0.1) is 0 Å². The Morgan fingerprint density at radius 2 is 1.80 bits per heavy atom. The van der Waals surface area contributed by atoms with Gasteiger partial charge in [0.25, 0.3) is 0 Å². The molecule has 2 saturated carbocycles. The van der Waals surface area contributed by atoms with Gasteiger partial charge in [-0.25, -0.2) is 0 Å². The molecule has 0 heterocycles. The molecule has 0 aromatic heterocycles. The van der Waals surface area contributed by atoms with E-state index in [0.717, 1.165) is 11.8 Å². The van der Waals surface area contributed by atoms with Crippen LogP contribution in [-0.4, -0.2) is 12.1 Å². The fourth-order valence-electron chi connectivity index (χ4n) is 4.69. The largest absolute Gasteiger partial charge is 0.312 e. The second kappa shape index (κ2) is 6.81. The molecule has 3 atom stereocenters. The normalized spacial score (nSPS) is 33.0. The minimum Gasteiger partial charge on any atom is -0.312 e. The Kier molecular flexibility index (Phi) is 5.56. The maximum Gasteiger partial charge on any atom is 0.00967 e. The average molecular weight is 280 g/mol. The molecule has 0 radical (unpaired) electrons. The second-order valence-corrected chi connectivity index (χ2v) is 8.71. The summed E-state index contributed by atoms with van der Waals surface area (Å²) in [6.45, 7) is 10.5. The standard InChI is InChI=1S/C19H37N/c1-5-6-7-8-9-12-19(15-20-18(2,3)4)14-16-10-11-17(19)13-16/h16-17,20H,5-15H2,1-4H3. The van der Waals surface area contributed by atoms with Crippen LogP contribution in [0.2, 0.25) is 0 Å². The zero-order valence-corrected chi connectivity index (χ0v) is 14.4. The zero-order chi connectivity index (χ0) is 14.6. The van der Waals surface area contributed by atoms with Crippen LogP contribution in [0.3, 0.4) is 0 Å². The summed E-state index contributed by atoms with van der Waals surface area (Å²) >= 11 is 0. The van der Waals surface area contributed by atoms with E-state index < -0.39 is 0 Å². The van der Waals surface area contributed by atoms with Crippen molar-refractivity contribution in [2.45, 2.75) is 97.4 Å². The van der Waals surface area contributed by atoms with Crippen molar-refractivity contribution in [3.05, 3.63) is 0 Å². The van der Waals surface area contributed by atoms with Crippen LogP contribution in [0.15, 0.2) is 0 Å². The highest BCUT2D eigenvalue weighted by atomic mass is 15.0. The van der Waals surface area contributed by atoms with Gasteiger partial charge in [0.2, 0.25) is 0 Å². The van der Waals surface area contributed by atoms with Crippen molar-refractivity contribution in [2.75, 3.05) is 6.54 Å². The number of hydrogen-bond donors (Lipinski definition) is 1. The van der Waals surface area contributed by atoms with Crippen LogP contribution in [0, 0.1) is 17.3 Å². The Morgan fingerprint density at radius 1 is 1.05 bits per heavy atom. The lowest BCUT2D eigenvalue weighted by molar-refractivity contribution is 0.126. The summed E-state index contributed by atoms with van der Waals surface area (Å²) < 4.78 is 0. The van der Waals surface area contributed by atoms with E-state index in [0.29, 0.717) is 5.41 Å². The van der Waals surface area contributed by atoms with Gasteiger partial charge in [0.1, 0.15) is 0 Å². The van der Waals surface area contributed by atoms with Crippen molar-refractivity contribution in [3.8, 4) is 0 Å². The van der Waals surface area contributed by atoms with E-state index in [1.54, 1.807) is 6.42 Å². The number of rotatable bonds is 8. The van der Waals surface area contributed by atoms with Crippen molar-refractivity contribution in [3.63, 3.8) is 0 Å². The van der Waals surface area contributed by atoms with Gasteiger partial charge >= 0.3 is 0 Å². The van der Waals surface area contributed by atoms with Gasteiger partial charge in [0.15, 0.2) is 0 Å². The predicted octanol–water partition coefficient (Wildman–Crippen LogP) is 5.54. The highest BCUT2D eigenvalue weighted by molar-refractivity contribution is 5.02. The van der Waals surface area contributed by atoms with Gasteiger partial charge in [-0.1, -0.05) is 45.4 Å². The monoisotopic (exact) mass is 279 g/mol. The Hall–Kier alpha value is -0.0400. The van der Waals surface area contributed by atoms with E-state index in [9.17, 15) is 0 Å². The van der Waals surface area contributed by atoms with Crippen LogP contribution in [0.5, 0.6) is 0 Å². The van der Waals surface area contributed by atoms with Crippen LogP contribution in [-0.2, 0) is 0 Å². The van der Waals surface area contributed by atoms with Crippen molar-refractivity contribution in [2.24, 2.45) is 17.3 Å². The van der Waals surface area contributed by atoms with Crippen molar-refractivity contribution < 1.29 is 0 Å². The van der Waals surface area contributed by atoms with Crippen LogP contribution >= 0.6 is 0 Å². The molecule has 2 aliphatic rings. The molecule has 118 valence electrons. The topological polar surface area (TPSA) is 12.0 Å².